The Hall–Kier alpha value is -4.89. The van der Waals surface area contributed by atoms with Crippen molar-refractivity contribution in [3.63, 3.8) is 0 Å². The van der Waals surface area contributed by atoms with Gasteiger partial charge in [-0.1, -0.05) is 161 Å². The van der Waals surface area contributed by atoms with Crippen LogP contribution in [0.25, 0.3) is 49.4 Å². The molecule has 3 aliphatic rings. The molecule has 1 aromatic heterocycles. The Kier molecular flexibility index (Phi) is 6.56. The minimum atomic E-state index is -0.606. The maximum atomic E-state index is 7.06. The van der Waals surface area contributed by atoms with Gasteiger partial charge in [0.25, 0.3) is 0 Å². The topological polar surface area (TPSA) is 4.93 Å². The fraction of sp³-hybridized carbons (Fsp3) is 0.0870. The van der Waals surface area contributed by atoms with E-state index < -0.39 is 5.41 Å². The first-order chi connectivity index (χ1) is 24.2. The first-order valence-electron chi connectivity index (χ1n) is 17.0. The molecule has 1 nitrogen and oxygen atoms in total. The van der Waals surface area contributed by atoms with Gasteiger partial charge in [-0.05, 0) is 87.2 Å². The molecule has 2 bridgehead atoms. The Balaban J connectivity index is 1.45. The summed E-state index contributed by atoms with van der Waals surface area (Å²) in [5.74, 6) is 0.466. The van der Waals surface area contributed by atoms with E-state index in [2.05, 4.69) is 166 Å². The summed E-state index contributed by atoms with van der Waals surface area (Å²) >= 11 is 11.2. The molecule has 2 atom stereocenters. The molecule has 0 fully saturated rings. The van der Waals surface area contributed by atoms with Crippen LogP contribution < -0.4 is 0 Å². The Bertz CT molecular complexity index is 2650. The van der Waals surface area contributed by atoms with Gasteiger partial charge >= 0.3 is 0 Å². The number of allylic oxidation sites excluding steroid dienone is 8. The highest BCUT2D eigenvalue weighted by atomic mass is 79.9. The average molecular weight is 713 g/mol. The fourth-order valence-corrected chi connectivity index (χ4v) is 9.91. The number of nitrogens with zero attached hydrogens (tertiary/aromatic N) is 1. The monoisotopic (exact) mass is 711 g/mol. The van der Waals surface area contributed by atoms with Crippen molar-refractivity contribution in [3.05, 3.63) is 195 Å². The summed E-state index contributed by atoms with van der Waals surface area (Å²) in [6, 6.07) is 44.2. The van der Waals surface area contributed by atoms with Gasteiger partial charge in [0.2, 0.25) is 0 Å². The van der Waals surface area contributed by atoms with Gasteiger partial charge in [0.15, 0.2) is 0 Å². The van der Waals surface area contributed by atoms with Crippen molar-refractivity contribution in [2.75, 3.05) is 0 Å². The molecular formula is C46H31BrClN. The summed E-state index contributed by atoms with van der Waals surface area (Å²) < 4.78 is 3.51. The zero-order valence-corrected chi connectivity index (χ0v) is 29.0. The Morgan fingerprint density at radius 3 is 2.41 bits per heavy atom. The molecule has 2 unspecified atom stereocenters. The van der Waals surface area contributed by atoms with E-state index in [1.807, 2.05) is 12.1 Å². The van der Waals surface area contributed by atoms with Gasteiger partial charge in [0.1, 0.15) is 0 Å². The summed E-state index contributed by atoms with van der Waals surface area (Å²) in [5.41, 5.74) is 11.8. The van der Waals surface area contributed by atoms with Crippen molar-refractivity contribution >= 4 is 60.1 Å². The van der Waals surface area contributed by atoms with Crippen LogP contribution in [0.2, 0.25) is 5.02 Å². The highest BCUT2D eigenvalue weighted by molar-refractivity contribution is 9.10. The molecular weight excluding hydrogens is 682 g/mol. The molecule has 3 aliphatic carbocycles. The molecule has 0 N–H and O–H groups in total. The highest BCUT2D eigenvalue weighted by Gasteiger charge is 2.51. The van der Waals surface area contributed by atoms with Crippen molar-refractivity contribution in [2.24, 2.45) is 5.92 Å². The van der Waals surface area contributed by atoms with E-state index in [4.69, 9.17) is 11.6 Å². The molecule has 0 saturated carbocycles. The van der Waals surface area contributed by atoms with E-state index in [0.29, 0.717) is 5.92 Å². The standard InChI is InChI=1S/C46H31BrClN/c47-39-22-11-19-35-43-38(27-26-34-33-18-5-7-24-41(33)49(45(34)43)42-25-8-6-23-40(42)48)46(44(35)39,37-21-10-16-30-14-3-4-17-32(30)37)36-20-9-13-29-12-1-2-15-31(36)28-29/h1-11,13-27,29H,12,28H2. The number of hydrogen-bond donors (Lipinski definition) is 0. The number of halogens is 2. The van der Waals surface area contributed by atoms with E-state index in [1.165, 1.54) is 66.0 Å². The summed E-state index contributed by atoms with van der Waals surface area (Å²) in [6.45, 7) is 0. The zero-order valence-electron chi connectivity index (χ0n) is 26.7. The van der Waals surface area contributed by atoms with Crippen LogP contribution in [0.5, 0.6) is 0 Å². The van der Waals surface area contributed by atoms with Gasteiger partial charge in [-0.2, -0.15) is 0 Å². The fourth-order valence-electron chi connectivity index (χ4n) is 9.03. The van der Waals surface area contributed by atoms with Crippen LogP contribution in [0.1, 0.15) is 29.5 Å². The molecule has 7 aromatic rings. The number of aromatic nitrogens is 1. The van der Waals surface area contributed by atoms with Crippen molar-refractivity contribution < 1.29 is 0 Å². The molecule has 0 radical (unpaired) electrons. The Labute approximate surface area is 299 Å². The third-order valence-electron chi connectivity index (χ3n) is 10.9. The first-order valence-corrected chi connectivity index (χ1v) is 18.2. The van der Waals surface area contributed by atoms with Gasteiger partial charge in [-0.15, -0.1) is 0 Å². The second-order valence-corrected chi connectivity index (χ2v) is 14.7. The number of fused-ring (bicyclic) bond motifs is 10. The summed E-state index contributed by atoms with van der Waals surface area (Å²) in [4.78, 5) is 0. The van der Waals surface area contributed by atoms with Gasteiger partial charge in [0, 0.05) is 20.8 Å². The van der Waals surface area contributed by atoms with Crippen molar-refractivity contribution in [1.82, 2.24) is 4.57 Å². The van der Waals surface area contributed by atoms with Crippen LogP contribution in [0.3, 0.4) is 0 Å². The van der Waals surface area contributed by atoms with E-state index in [9.17, 15) is 0 Å². The predicted molar refractivity (Wildman–Crippen MR) is 210 cm³/mol. The summed E-state index contributed by atoms with van der Waals surface area (Å²) in [6.07, 6.45) is 16.2. The van der Waals surface area contributed by atoms with E-state index in [0.717, 1.165) is 33.5 Å². The number of rotatable bonds is 3. The van der Waals surface area contributed by atoms with Gasteiger partial charge in [-0.25, -0.2) is 0 Å². The maximum Gasteiger partial charge on any atom is 0.0733 e. The lowest BCUT2D eigenvalue weighted by Gasteiger charge is -2.38. The maximum absolute atomic E-state index is 7.06. The number of hydrogen-bond acceptors (Lipinski definition) is 0. The Morgan fingerprint density at radius 2 is 1.49 bits per heavy atom. The molecule has 234 valence electrons. The number of benzene rings is 6. The highest BCUT2D eigenvalue weighted by Crippen LogP contribution is 2.63. The molecule has 10 rings (SSSR count). The SMILES string of the molecule is Clc1ccccc1-n1c2ccccc2c2ccc3c(c21)-c1cccc(Br)c1C3(C1=CC=CC2CC=CC=C1C2)c1cccc2ccccc12. The molecule has 0 amide bonds. The van der Waals surface area contributed by atoms with Crippen molar-refractivity contribution in [3.8, 4) is 16.8 Å². The summed E-state index contributed by atoms with van der Waals surface area (Å²) in [7, 11) is 0. The van der Waals surface area contributed by atoms with Gasteiger partial charge < -0.3 is 4.57 Å². The van der Waals surface area contributed by atoms with Crippen molar-refractivity contribution in [1.29, 1.82) is 0 Å². The lowest BCUT2D eigenvalue weighted by molar-refractivity contribution is 0.649. The van der Waals surface area contributed by atoms with Crippen LogP contribution in [0.15, 0.2) is 173 Å². The van der Waals surface area contributed by atoms with Crippen molar-refractivity contribution in [2.45, 2.75) is 18.3 Å². The average Bonchev–Trinajstić information content (AvgIpc) is 3.38. The Morgan fingerprint density at radius 1 is 0.694 bits per heavy atom. The number of para-hydroxylation sites is 2. The molecule has 0 aliphatic heterocycles. The summed E-state index contributed by atoms with van der Waals surface area (Å²) in [5, 5.41) is 5.68. The minimum Gasteiger partial charge on any atom is -0.307 e. The molecule has 0 spiro atoms. The largest absolute Gasteiger partial charge is 0.307 e. The molecule has 0 saturated heterocycles. The second-order valence-electron chi connectivity index (χ2n) is 13.4. The third kappa shape index (κ3) is 4.05. The van der Waals surface area contributed by atoms with Gasteiger partial charge in [0.05, 0.1) is 27.2 Å². The lowest BCUT2D eigenvalue weighted by Crippen LogP contribution is -2.31. The molecule has 3 heteroatoms. The van der Waals surface area contributed by atoms with Crippen LogP contribution in [0, 0.1) is 5.92 Å². The van der Waals surface area contributed by atoms with Crippen LogP contribution in [-0.2, 0) is 5.41 Å². The molecule has 6 aromatic carbocycles. The zero-order chi connectivity index (χ0) is 32.7. The van der Waals surface area contributed by atoms with E-state index in [1.54, 1.807) is 0 Å². The quantitative estimate of drug-likeness (QED) is 0.172. The smallest absolute Gasteiger partial charge is 0.0733 e. The molecule has 1 heterocycles. The molecule has 49 heavy (non-hydrogen) atoms. The normalized spacial score (nSPS) is 19.4. The second kappa shape index (κ2) is 11.1. The van der Waals surface area contributed by atoms with Crippen LogP contribution >= 0.6 is 27.5 Å². The third-order valence-corrected chi connectivity index (χ3v) is 11.9. The van der Waals surface area contributed by atoms with E-state index >= 15 is 0 Å². The predicted octanol–water partition coefficient (Wildman–Crippen LogP) is 13.1. The van der Waals surface area contributed by atoms with Crippen LogP contribution in [-0.4, -0.2) is 4.57 Å². The minimum absolute atomic E-state index is 0.466. The van der Waals surface area contributed by atoms with Crippen LogP contribution in [0.4, 0.5) is 0 Å². The first kappa shape index (κ1) is 29.1. The lowest BCUT2D eigenvalue weighted by atomic mass is 9.63. The van der Waals surface area contributed by atoms with E-state index in [-0.39, 0.29) is 0 Å². The van der Waals surface area contributed by atoms with Gasteiger partial charge in [-0.3, -0.25) is 0 Å².